The molecule has 5 nitrogen and oxygen atoms in total. The first-order valence-electron chi connectivity index (χ1n) is 7.01. The molecular weight excluding hydrogens is 268 g/mol. The highest BCUT2D eigenvalue weighted by Gasteiger charge is 2.20. The summed E-state index contributed by atoms with van der Waals surface area (Å²) in [6.45, 7) is 1.98. The number of unbranched alkanes of at least 4 members (excludes halogenated alkanes) is 1. The Morgan fingerprint density at radius 1 is 1.24 bits per heavy atom. The predicted molar refractivity (Wildman–Crippen MR) is 80.2 cm³/mol. The number of hydrogen-bond donors (Lipinski definition) is 2. The van der Waals surface area contributed by atoms with Crippen LogP contribution >= 0.6 is 0 Å². The van der Waals surface area contributed by atoms with E-state index in [9.17, 15) is 9.59 Å². The number of benzene rings is 1. The third kappa shape index (κ3) is 3.78. The number of carboxylic acid groups (broad SMARTS) is 1. The van der Waals surface area contributed by atoms with Crippen LogP contribution in [-0.4, -0.2) is 28.0 Å². The summed E-state index contributed by atoms with van der Waals surface area (Å²) >= 11 is 0. The van der Waals surface area contributed by atoms with E-state index in [0.29, 0.717) is 11.9 Å². The molecule has 2 N–H and O–H groups in total. The third-order valence-corrected chi connectivity index (χ3v) is 3.28. The second-order valence-electron chi connectivity index (χ2n) is 4.90. The number of carbonyl (C=O) groups excluding carboxylic acids is 1. The Hall–Kier alpha value is -2.43. The Kier molecular flexibility index (Phi) is 4.87. The number of rotatable bonds is 6. The summed E-state index contributed by atoms with van der Waals surface area (Å²) in [5, 5.41) is 12.6. The lowest BCUT2D eigenvalue weighted by atomic mass is 10.1. The van der Waals surface area contributed by atoms with Gasteiger partial charge in [-0.25, -0.2) is 9.78 Å². The van der Waals surface area contributed by atoms with Crippen LogP contribution in [0.3, 0.4) is 0 Å². The largest absolute Gasteiger partial charge is 0.480 e. The van der Waals surface area contributed by atoms with Gasteiger partial charge < -0.3 is 10.4 Å². The zero-order chi connectivity index (χ0) is 15.2. The van der Waals surface area contributed by atoms with Gasteiger partial charge in [0.1, 0.15) is 11.7 Å². The average Bonchev–Trinajstić information content (AvgIpc) is 2.50. The molecule has 1 atom stereocenters. The van der Waals surface area contributed by atoms with E-state index in [0.717, 1.165) is 18.2 Å². The van der Waals surface area contributed by atoms with Crippen molar-refractivity contribution in [3.63, 3.8) is 0 Å². The average molecular weight is 286 g/mol. The minimum Gasteiger partial charge on any atom is -0.480 e. The molecule has 21 heavy (non-hydrogen) atoms. The zero-order valence-corrected chi connectivity index (χ0v) is 11.9. The van der Waals surface area contributed by atoms with Crippen LogP contribution in [0.25, 0.3) is 10.9 Å². The van der Waals surface area contributed by atoms with E-state index in [1.807, 2.05) is 31.2 Å². The number of aliphatic carboxylic acids is 1. The van der Waals surface area contributed by atoms with Crippen LogP contribution < -0.4 is 5.32 Å². The topological polar surface area (TPSA) is 79.3 Å². The second-order valence-corrected chi connectivity index (χ2v) is 4.90. The number of para-hydroxylation sites is 1. The number of carbonyl (C=O) groups is 2. The molecule has 0 radical (unpaired) electrons. The van der Waals surface area contributed by atoms with Gasteiger partial charge in [0.15, 0.2) is 0 Å². The molecule has 0 saturated heterocycles. The molecule has 1 amide bonds. The standard InChI is InChI=1S/C16H18N2O3/c1-2-3-7-14(16(20)21)18-15(19)13-10-9-11-6-4-5-8-12(11)17-13/h4-6,8-10,14H,2-3,7H2,1H3,(H,18,19)(H,20,21). The van der Waals surface area contributed by atoms with Crippen LogP contribution in [0, 0.1) is 0 Å². The smallest absolute Gasteiger partial charge is 0.326 e. The fraction of sp³-hybridized carbons (Fsp3) is 0.312. The second kappa shape index (κ2) is 6.83. The third-order valence-electron chi connectivity index (χ3n) is 3.28. The van der Waals surface area contributed by atoms with E-state index in [4.69, 9.17) is 5.11 Å². The molecule has 110 valence electrons. The highest BCUT2D eigenvalue weighted by Crippen LogP contribution is 2.12. The summed E-state index contributed by atoms with van der Waals surface area (Å²) in [5.74, 6) is -1.47. The number of fused-ring (bicyclic) bond motifs is 1. The molecular formula is C16H18N2O3. The van der Waals surface area contributed by atoms with E-state index in [2.05, 4.69) is 10.3 Å². The fourth-order valence-electron chi connectivity index (χ4n) is 2.09. The molecule has 0 saturated carbocycles. The van der Waals surface area contributed by atoms with Crippen molar-refractivity contribution < 1.29 is 14.7 Å². The summed E-state index contributed by atoms with van der Waals surface area (Å²) < 4.78 is 0. The number of nitrogens with one attached hydrogen (secondary N) is 1. The summed E-state index contributed by atoms with van der Waals surface area (Å²) in [7, 11) is 0. The van der Waals surface area contributed by atoms with Crippen molar-refractivity contribution in [1.82, 2.24) is 10.3 Å². The predicted octanol–water partition coefficient (Wildman–Crippen LogP) is 2.61. The Bertz CT molecular complexity index is 655. The highest BCUT2D eigenvalue weighted by molar-refractivity contribution is 5.96. The van der Waals surface area contributed by atoms with Crippen LogP contribution in [0.2, 0.25) is 0 Å². The van der Waals surface area contributed by atoms with E-state index in [-0.39, 0.29) is 5.69 Å². The molecule has 0 bridgehead atoms. The molecule has 2 aromatic rings. The maximum absolute atomic E-state index is 12.1. The van der Waals surface area contributed by atoms with Gasteiger partial charge in [-0.15, -0.1) is 0 Å². The van der Waals surface area contributed by atoms with E-state index in [1.54, 1.807) is 12.1 Å². The molecule has 0 aliphatic heterocycles. The molecule has 5 heteroatoms. The molecule has 0 aliphatic carbocycles. The summed E-state index contributed by atoms with van der Waals surface area (Å²) in [5.41, 5.74) is 0.946. The minimum absolute atomic E-state index is 0.233. The molecule has 0 aliphatic rings. The van der Waals surface area contributed by atoms with Crippen molar-refractivity contribution in [1.29, 1.82) is 0 Å². The Labute approximate surface area is 123 Å². The van der Waals surface area contributed by atoms with Gasteiger partial charge in [0.25, 0.3) is 5.91 Å². The Balaban J connectivity index is 2.15. The Morgan fingerprint density at radius 3 is 2.71 bits per heavy atom. The van der Waals surface area contributed by atoms with Crippen molar-refractivity contribution in [3.8, 4) is 0 Å². The lowest BCUT2D eigenvalue weighted by Crippen LogP contribution is -2.41. The van der Waals surface area contributed by atoms with Gasteiger partial charge >= 0.3 is 5.97 Å². The molecule has 1 heterocycles. The quantitative estimate of drug-likeness (QED) is 0.855. The van der Waals surface area contributed by atoms with Gasteiger partial charge in [-0.05, 0) is 18.6 Å². The van der Waals surface area contributed by atoms with Gasteiger partial charge in [-0.1, -0.05) is 44.0 Å². The molecule has 1 aromatic carbocycles. The SMILES string of the molecule is CCCCC(NC(=O)c1ccc2ccccc2n1)C(=O)O. The van der Waals surface area contributed by atoms with Crippen molar-refractivity contribution in [2.75, 3.05) is 0 Å². The van der Waals surface area contributed by atoms with Gasteiger partial charge in [0.05, 0.1) is 5.52 Å². The van der Waals surface area contributed by atoms with Gasteiger partial charge in [0.2, 0.25) is 0 Å². The number of aromatic nitrogens is 1. The molecule has 0 spiro atoms. The monoisotopic (exact) mass is 286 g/mol. The molecule has 2 rings (SSSR count). The number of nitrogens with zero attached hydrogens (tertiary/aromatic N) is 1. The number of amides is 1. The van der Waals surface area contributed by atoms with Crippen molar-refractivity contribution in [2.24, 2.45) is 0 Å². The summed E-state index contributed by atoms with van der Waals surface area (Å²) in [6, 6.07) is 10.0. The first-order chi connectivity index (χ1) is 10.1. The van der Waals surface area contributed by atoms with Crippen LogP contribution in [0.5, 0.6) is 0 Å². The lowest BCUT2D eigenvalue weighted by molar-refractivity contribution is -0.139. The maximum Gasteiger partial charge on any atom is 0.326 e. The summed E-state index contributed by atoms with van der Waals surface area (Å²) in [6.07, 6.45) is 2.06. The van der Waals surface area contributed by atoms with Crippen LogP contribution in [0.1, 0.15) is 36.7 Å². The first-order valence-corrected chi connectivity index (χ1v) is 7.01. The van der Waals surface area contributed by atoms with E-state index >= 15 is 0 Å². The Morgan fingerprint density at radius 2 is 2.00 bits per heavy atom. The maximum atomic E-state index is 12.1. The number of hydrogen-bond acceptors (Lipinski definition) is 3. The van der Waals surface area contributed by atoms with Gasteiger partial charge in [0, 0.05) is 5.39 Å². The van der Waals surface area contributed by atoms with Crippen molar-refractivity contribution in [3.05, 3.63) is 42.1 Å². The molecule has 0 fully saturated rings. The van der Waals surface area contributed by atoms with Crippen LogP contribution in [-0.2, 0) is 4.79 Å². The normalized spacial score (nSPS) is 12.0. The van der Waals surface area contributed by atoms with Gasteiger partial charge in [-0.3, -0.25) is 4.79 Å². The van der Waals surface area contributed by atoms with Crippen LogP contribution in [0.4, 0.5) is 0 Å². The molecule has 1 aromatic heterocycles. The zero-order valence-electron chi connectivity index (χ0n) is 11.9. The van der Waals surface area contributed by atoms with E-state index in [1.165, 1.54) is 0 Å². The van der Waals surface area contributed by atoms with E-state index < -0.39 is 17.9 Å². The lowest BCUT2D eigenvalue weighted by Gasteiger charge is -2.13. The van der Waals surface area contributed by atoms with Crippen molar-refractivity contribution in [2.45, 2.75) is 32.2 Å². The number of carboxylic acids is 1. The first kappa shape index (κ1) is 15.0. The summed E-state index contributed by atoms with van der Waals surface area (Å²) in [4.78, 5) is 27.5. The van der Waals surface area contributed by atoms with Gasteiger partial charge in [-0.2, -0.15) is 0 Å². The highest BCUT2D eigenvalue weighted by atomic mass is 16.4. The minimum atomic E-state index is -1.02. The van der Waals surface area contributed by atoms with Crippen LogP contribution in [0.15, 0.2) is 36.4 Å². The molecule has 1 unspecified atom stereocenters. The number of pyridine rings is 1. The van der Waals surface area contributed by atoms with Crippen molar-refractivity contribution >= 4 is 22.8 Å². The fourth-order valence-corrected chi connectivity index (χ4v) is 2.09.